The second-order valence-corrected chi connectivity index (χ2v) is 5.06. The van der Waals surface area contributed by atoms with Gasteiger partial charge in [0.25, 0.3) is 0 Å². The van der Waals surface area contributed by atoms with E-state index < -0.39 is 0 Å². The molecular formula is C14H21ClIN3O. The van der Waals surface area contributed by atoms with Crippen molar-refractivity contribution in [3.63, 3.8) is 0 Å². The Kier molecular flexibility index (Phi) is 7.61. The molecule has 20 heavy (non-hydrogen) atoms. The molecular weight excluding hydrogens is 389 g/mol. The van der Waals surface area contributed by atoms with Crippen LogP contribution in [0.4, 0.5) is 0 Å². The summed E-state index contributed by atoms with van der Waals surface area (Å²) in [6.07, 6.45) is 0.556. The van der Waals surface area contributed by atoms with E-state index in [0.717, 1.165) is 36.1 Å². The van der Waals surface area contributed by atoms with Gasteiger partial charge in [0.1, 0.15) is 0 Å². The molecule has 4 nitrogen and oxygen atoms in total. The zero-order chi connectivity index (χ0) is 13.7. The van der Waals surface area contributed by atoms with Crippen molar-refractivity contribution in [3.8, 4) is 0 Å². The fourth-order valence-corrected chi connectivity index (χ4v) is 2.34. The lowest BCUT2D eigenvalue weighted by Gasteiger charge is -2.21. The van der Waals surface area contributed by atoms with Gasteiger partial charge >= 0.3 is 0 Å². The first-order valence-electron chi connectivity index (χ1n) is 6.65. The number of halogens is 2. The number of β-amino-alcohol motifs (C(OH)–C–C–N with tert-alkyl or cyclic N) is 1. The Hall–Kier alpha value is -0.530. The number of hydrogen-bond donors (Lipinski definition) is 2. The lowest BCUT2D eigenvalue weighted by molar-refractivity contribution is 0.188. The second-order valence-electron chi connectivity index (χ2n) is 4.65. The predicted molar refractivity (Wildman–Crippen MR) is 93.9 cm³/mol. The van der Waals surface area contributed by atoms with Gasteiger partial charge in [-0.3, -0.25) is 0 Å². The van der Waals surface area contributed by atoms with E-state index >= 15 is 0 Å². The van der Waals surface area contributed by atoms with Crippen LogP contribution >= 0.6 is 35.6 Å². The molecule has 0 amide bonds. The third-order valence-electron chi connectivity index (χ3n) is 3.15. The number of benzene rings is 1. The molecule has 0 spiro atoms. The average Bonchev–Trinajstić information content (AvgIpc) is 2.83. The van der Waals surface area contributed by atoms with Crippen LogP contribution in [-0.4, -0.2) is 41.7 Å². The minimum absolute atomic E-state index is 0. The zero-order valence-corrected chi connectivity index (χ0v) is 14.6. The standard InChI is InChI=1S/C14H20ClN3O.HI/c1-2-16-14(18-8-7-12(19)10-18)17-9-11-5-3-4-6-13(11)15;/h3-6,12,19H,2,7-10H2,1H3,(H,16,17);1H/t12-;/m1./s1. The van der Waals surface area contributed by atoms with E-state index in [0.29, 0.717) is 13.1 Å². The van der Waals surface area contributed by atoms with E-state index in [1.807, 2.05) is 31.2 Å². The molecule has 1 heterocycles. The SMILES string of the molecule is CCNC(=NCc1ccccc1Cl)N1CC[C@@H](O)C1.I. The molecule has 1 aliphatic heterocycles. The quantitative estimate of drug-likeness (QED) is 0.458. The first-order valence-corrected chi connectivity index (χ1v) is 7.03. The summed E-state index contributed by atoms with van der Waals surface area (Å²) in [6, 6.07) is 7.73. The molecule has 112 valence electrons. The number of hydrogen-bond acceptors (Lipinski definition) is 2. The van der Waals surface area contributed by atoms with Crippen LogP contribution in [0.2, 0.25) is 5.02 Å². The monoisotopic (exact) mass is 409 g/mol. The van der Waals surface area contributed by atoms with Crippen molar-refractivity contribution in [3.05, 3.63) is 34.9 Å². The van der Waals surface area contributed by atoms with Gasteiger partial charge in [-0.25, -0.2) is 4.99 Å². The van der Waals surface area contributed by atoms with Crippen molar-refractivity contribution in [2.45, 2.75) is 26.0 Å². The molecule has 0 bridgehead atoms. The number of guanidine groups is 1. The number of likely N-dealkylation sites (tertiary alicyclic amines) is 1. The summed E-state index contributed by atoms with van der Waals surface area (Å²) in [5.74, 6) is 0.846. The number of aliphatic hydroxyl groups excluding tert-OH is 1. The van der Waals surface area contributed by atoms with E-state index in [4.69, 9.17) is 11.6 Å². The van der Waals surface area contributed by atoms with Crippen LogP contribution in [0.15, 0.2) is 29.3 Å². The molecule has 0 aliphatic carbocycles. The van der Waals surface area contributed by atoms with Crippen molar-refractivity contribution in [1.29, 1.82) is 0 Å². The Bertz CT molecular complexity index is 456. The highest BCUT2D eigenvalue weighted by Crippen LogP contribution is 2.16. The highest BCUT2D eigenvalue weighted by Gasteiger charge is 2.22. The maximum Gasteiger partial charge on any atom is 0.194 e. The van der Waals surface area contributed by atoms with Gasteiger partial charge in [-0.1, -0.05) is 29.8 Å². The molecule has 0 radical (unpaired) electrons. The molecule has 1 atom stereocenters. The van der Waals surface area contributed by atoms with Gasteiger partial charge in [-0.05, 0) is 25.0 Å². The molecule has 6 heteroatoms. The van der Waals surface area contributed by atoms with E-state index in [-0.39, 0.29) is 30.1 Å². The van der Waals surface area contributed by atoms with Gasteiger partial charge in [-0.15, -0.1) is 24.0 Å². The predicted octanol–water partition coefficient (Wildman–Crippen LogP) is 2.49. The average molecular weight is 410 g/mol. The summed E-state index contributed by atoms with van der Waals surface area (Å²) < 4.78 is 0. The maximum atomic E-state index is 9.60. The molecule has 0 unspecified atom stereocenters. The molecule has 2 rings (SSSR count). The van der Waals surface area contributed by atoms with Crippen LogP contribution in [0.3, 0.4) is 0 Å². The Morgan fingerprint density at radius 3 is 2.85 bits per heavy atom. The third kappa shape index (κ3) is 4.79. The maximum absolute atomic E-state index is 9.60. The summed E-state index contributed by atoms with van der Waals surface area (Å²) >= 11 is 6.12. The van der Waals surface area contributed by atoms with E-state index in [9.17, 15) is 5.11 Å². The molecule has 0 aromatic heterocycles. The van der Waals surface area contributed by atoms with Gasteiger partial charge in [-0.2, -0.15) is 0 Å². The fourth-order valence-electron chi connectivity index (χ4n) is 2.15. The summed E-state index contributed by atoms with van der Waals surface area (Å²) in [4.78, 5) is 6.69. The third-order valence-corrected chi connectivity index (χ3v) is 3.52. The number of nitrogens with zero attached hydrogens (tertiary/aromatic N) is 2. The minimum Gasteiger partial charge on any atom is -0.391 e. The summed E-state index contributed by atoms with van der Waals surface area (Å²) in [7, 11) is 0. The highest BCUT2D eigenvalue weighted by atomic mass is 127. The van der Waals surface area contributed by atoms with Gasteiger partial charge in [0, 0.05) is 24.7 Å². The first kappa shape index (κ1) is 17.5. The molecule has 2 N–H and O–H groups in total. The molecule has 1 aromatic rings. The van der Waals surface area contributed by atoms with Crippen LogP contribution in [0, 0.1) is 0 Å². The summed E-state index contributed by atoms with van der Waals surface area (Å²) in [5, 5.41) is 13.6. The van der Waals surface area contributed by atoms with Crippen molar-refractivity contribution in [2.24, 2.45) is 4.99 Å². The smallest absolute Gasteiger partial charge is 0.194 e. The van der Waals surface area contributed by atoms with Crippen molar-refractivity contribution >= 4 is 41.5 Å². The lowest BCUT2D eigenvalue weighted by Crippen LogP contribution is -2.40. The Balaban J connectivity index is 0.00000200. The van der Waals surface area contributed by atoms with Crippen LogP contribution < -0.4 is 5.32 Å². The molecule has 1 aliphatic rings. The van der Waals surface area contributed by atoms with E-state index in [1.54, 1.807) is 0 Å². The zero-order valence-electron chi connectivity index (χ0n) is 11.6. The van der Waals surface area contributed by atoms with Crippen molar-refractivity contribution < 1.29 is 5.11 Å². The number of aliphatic hydroxyl groups is 1. The number of nitrogens with one attached hydrogen (secondary N) is 1. The van der Waals surface area contributed by atoms with Crippen LogP contribution in [0.1, 0.15) is 18.9 Å². The second kappa shape index (κ2) is 8.69. The van der Waals surface area contributed by atoms with Crippen molar-refractivity contribution in [2.75, 3.05) is 19.6 Å². The van der Waals surface area contributed by atoms with Gasteiger partial charge in [0.05, 0.1) is 12.6 Å². The minimum atomic E-state index is -0.246. The molecule has 0 saturated carbocycles. The van der Waals surface area contributed by atoms with Crippen LogP contribution in [-0.2, 0) is 6.54 Å². The van der Waals surface area contributed by atoms with Gasteiger partial charge in [0.15, 0.2) is 5.96 Å². The molecule has 1 fully saturated rings. The number of aliphatic imine (C=N–C) groups is 1. The largest absolute Gasteiger partial charge is 0.391 e. The van der Waals surface area contributed by atoms with Crippen LogP contribution in [0.5, 0.6) is 0 Å². The topological polar surface area (TPSA) is 47.9 Å². The van der Waals surface area contributed by atoms with Crippen LogP contribution in [0.25, 0.3) is 0 Å². The van der Waals surface area contributed by atoms with Gasteiger partial charge in [0.2, 0.25) is 0 Å². The van der Waals surface area contributed by atoms with Gasteiger partial charge < -0.3 is 15.3 Å². The fraction of sp³-hybridized carbons (Fsp3) is 0.500. The summed E-state index contributed by atoms with van der Waals surface area (Å²) in [5.41, 5.74) is 1.01. The first-order chi connectivity index (χ1) is 9.20. The molecule has 1 aromatic carbocycles. The highest BCUT2D eigenvalue weighted by molar-refractivity contribution is 14.0. The van der Waals surface area contributed by atoms with E-state index in [1.165, 1.54) is 0 Å². The molecule has 1 saturated heterocycles. The Morgan fingerprint density at radius 1 is 1.50 bits per heavy atom. The van der Waals surface area contributed by atoms with Crippen molar-refractivity contribution in [1.82, 2.24) is 10.2 Å². The van der Waals surface area contributed by atoms with E-state index in [2.05, 4.69) is 15.2 Å². The normalized spacial score (nSPS) is 18.9. The lowest BCUT2D eigenvalue weighted by atomic mass is 10.2. The summed E-state index contributed by atoms with van der Waals surface area (Å²) in [6.45, 7) is 4.89. The Morgan fingerprint density at radius 2 is 2.25 bits per heavy atom. The Labute approximate surface area is 142 Å². The number of rotatable bonds is 3.